The van der Waals surface area contributed by atoms with Gasteiger partial charge in [0.1, 0.15) is 0 Å². The summed E-state index contributed by atoms with van der Waals surface area (Å²) in [4.78, 5) is 11.0. The SMILES string of the molecule is COC(=O)CC(C)SCc1cccc(Cl)c1. The molecule has 16 heavy (non-hydrogen) atoms. The van der Waals surface area contributed by atoms with Crippen molar-refractivity contribution in [1.82, 2.24) is 0 Å². The minimum Gasteiger partial charge on any atom is -0.469 e. The Morgan fingerprint density at radius 2 is 2.31 bits per heavy atom. The van der Waals surface area contributed by atoms with Crippen LogP contribution >= 0.6 is 23.4 Å². The van der Waals surface area contributed by atoms with Gasteiger partial charge >= 0.3 is 5.97 Å². The molecule has 1 aromatic rings. The number of esters is 1. The first-order valence-electron chi connectivity index (χ1n) is 5.04. The Kier molecular flexibility index (Phi) is 5.71. The number of hydrogen-bond acceptors (Lipinski definition) is 3. The zero-order valence-electron chi connectivity index (χ0n) is 9.40. The van der Waals surface area contributed by atoms with Crippen LogP contribution in [0.4, 0.5) is 0 Å². The van der Waals surface area contributed by atoms with Crippen LogP contribution in [0, 0.1) is 0 Å². The number of carbonyl (C=O) groups excluding carboxylic acids is 1. The third-order valence-corrected chi connectivity index (χ3v) is 3.58. The highest BCUT2D eigenvalue weighted by molar-refractivity contribution is 7.99. The number of hydrogen-bond donors (Lipinski definition) is 0. The van der Waals surface area contributed by atoms with Crippen LogP contribution in [0.1, 0.15) is 18.9 Å². The van der Waals surface area contributed by atoms with Gasteiger partial charge in [-0.3, -0.25) is 4.79 Å². The molecule has 0 amide bonds. The van der Waals surface area contributed by atoms with Crippen molar-refractivity contribution in [3.63, 3.8) is 0 Å². The minimum absolute atomic E-state index is 0.161. The molecule has 2 nitrogen and oxygen atoms in total. The Balaban J connectivity index is 2.37. The van der Waals surface area contributed by atoms with Gasteiger partial charge in [0.25, 0.3) is 0 Å². The van der Waals surface area contributed by atoms with Crippen molar-refractivity contribution >= 4 is 29.3 Å². The van der Waals surface area contributed by atoms with Crippen LogP contribution in [0.25, 0.3) is 0 Å². The zero-order chi connectivity index (χ0) is 12.0. The van der Waals surface area contributed by atoms with E-state index >= 15 is 0 Å². The van der Waals surface area contributed by atoms with E-state index in [0.717, 1.165) is 10.8 Å². The van der Waals surface area contributed by atoms with E-state index in [4.69, 9.17) is 11.6 Å². The third-order valence-electron chi connectivity index (χ3n) is 2.11. The standard InChI is InChI=1S/C12H15ClO2S/c1-9(6-12(14)15-2)16-8-10-4-3-5-11(13)7-10/h3-5,7,9H,6,8H2,1-2H3. The molecule has 0 fully saturated rings. The first kappa shape index (κ1) is 13.4. The van der Waals surface area contributed by atoms with Gasteiger partial charge in [-0.2, -0.15) is 11.8 Å². The molecule has 0 saturated carbocycles. The van der Waals surface area contributed by atoms with Crippen LogP contribution < -0.4 is 0 Å². The number of rotatable bonds is 5. The van der Waals surface area contributed by atoms with Gasteiger partial charge in [-0.05, 0) is 17.7 Å². The van der Waals surface area contributed by atoms with Gasteiger partial charge in [0.15, 0.2) is 0 Å². The summed E-state index contributed by atoms with van der Waals surface area (Å²) in [5.41, 5.74) is 1.18. The maximum Gasteiger partial charge on any atom is 0.306 e. The number of carbonyl (C=O) groups is 1. The smallest absolute Gasteiger partial charge is 0.306 e. The van der Waals surface area contributed by atoms with Gasteiger partial charge < -0.3 is 4.74 Å². The maximum absolute atomic E-state index is 11.0. The molecule has 0 aliphatic heterocycles. The van der Waals surface area contributed by atoms with Crippen LogP contribution in [-0.4, -0.2) is 18.3 Å². The summed E-state index contributed by atoms with van der Waals surface area (Å²) in [6.45, 7) is 2.02. The fourth-order valence-corrected chi connectivity index (χ4v) is 2.37. The molecule has 0 heterocycles. The first-order chi connectivity index (χ1) is 7.61. The highest BCUT2D eigenvalue weighted by Gasteiger charge is 2.09. The highest BCUT2D eigenvalue weighted by Crippen LogP contribution is 2.21. The lowest BCUT2D eigenvalue weighted by Gasteiger charge is -2.09. The van der Waals surface area contributed by atoms with E-state index in [9.17, 15) is 4.79 Å². The second-order valence-corrected chi connectivity index (χ2v) is 5.39. The molecular formula is C12H15ClO2S. The van der Waals surface area contributed by atoms with E-state index in [1.54, 1.807) is 11.8 Å². The van der Waals surface area contributed by atoms with Gasteiger partial charge in [0.2, 0.25) is 0 Å². The van der Waals surface area contributed by atoms with Gasteiger partial charge in [-0.25, -0.2) is 0 Å². The number of thioether (sulfide) groups is 1. The van der Waals surface area contributed by atoms with Crippen LogP contribution in [-0.2, 0) is 15.3 Å². The van der Waals surface area contributed by atoms with Crippen LogP contribution in [0.3, 0.4) is 0 Å². The highest BCUT2D eigenvalue weighted by atomic mass is 35.5. The zero-order valence-corrected chi connectivity index (χ0v) is 11.0. The summed E-state index contributed by atoms with van der Waals surface area (Å²) in [5, 5.41) is 1.00. The van der Waals surface area contributed by atoms with Crippen molar-refractivity contribution in [2.75, 3.05) is 7.11 Å². The molecule has 0 aromatic heterocycles. The Bertz CT molecular complexity index is 355. The summed E-state index contributed by atoms with van der Waals surface area (Å²) >= 11 is 7.61. The molecule has 1 rings (SSSR count). The van der Waals surface area contributed by atoms with Crippen molar-refractivity contribution in [2.45, 2.75) is 24.3 Å². The lowest BCUT2D eigenvalue weighted by molar-refractivity contribution is -0.140. The number of halogens is 1. The van der Waals surface area contributed by atoms with Gasteiger partial charge in [-0.15, -0.1) is 0 Å². The number of benzene rings is 1. The summed E-state index contributed by atoms with van der Waals surface area (Å²) in [6, 6.07) is 7.76. The molecule has 0 aliphatic rings. The van der Waals surface area contributed by atoms with E-state index in [1.807, 2.05) is 31.2 Å². The van der Waals surface area contributed by atoms with Crippen molar-refractivity contribution < 1.29 is 9.53 Å². The Labute approximate surface area is 105 Å². The molecule has 0 spiro atoms. The Hall–Kier alpha value is -0.670. The molecule has 0 N–H and O–H groups in total. The van der Waals surface area contributed by atoms with E-state index in [0.29, 0.717) is 6.42 Å². The average molecular weight is 259 g/mol. The normalized spacial score (nSPS) is 12.2. The minimum atomic E-state index is -0.161. The molecule has 4 heteroatoms. The summed E-state index contributed by atoms with van der Waals surface area (Å²) in [5.74, 6) is 0.699. The van der Waals surface area contributed by atoms with Gasteiger partial charge in [-0.1, -0.05) is 30.7 Å². The van der Waals surface area contributed by atoms with Crippen LogP contribution in [0.2, 0.25) is 5.02 Å². The van der Waals surface area contributed by atoms with Crippen LogP contribution in [0.5, 0.6) is 0 Å². The monoisotopic (exact) mass is 258 g/mol. The van der Waals surface area contributed by atoms with Crippen molar-refractivity contribution in [3.05, 3.63) is 34.9 Å². The Morgan fingerprint density at radius 1 is 1.56 bits per heavy atom. The van der Waals surface area contributed by atoms with Gasteiger partial charge in [0.05, 0.1) is 13.5 Å². The summed E-state index contributed by atoms with van der Waals surface area (Å²) in [6.07, 6.45) is 0.446. The molecule has 0 radical (unpaired) electrons. The number of ether oxygens (including phenoxy) is 1. The lowest BCUT2D eigenvalue weighted by Crippen LogP contribution is -2.08. The molecule has 0 aliphatic carbocycles. The largest absolute Gasteiger partial charge is 0.469 e. The molecule has 0 saturated heterocycles. The van der Waals surface area contributed by atoms with Crippen molar-refractivity contribution in [2.24, 2.45) is 0 Å². The van der Waals surface area contributed by atoms with E-state index < -0.39 is 0 Å². The molecule has 0 bridgehead atoms. The maximum atomic E-state index is 11.0. The second-order valence-electron chi connectivity index (χ2n) is 3.53. The topological polar surface area (TPSA) is 26.3 Å². The number of methoxy groups -OCH3 is 1. The fraction of sp³-hybridized carbons (Fsp3) is 0.417. The summed E-state index contributed by atoms with van der Waals surface area (Å²) < 4.78 is 4.62. The van der Waals surface area contributed by atoms with Crippen molar-refractivity contribution in [3.8, 4) is 0 Å². The van der Waals surface area contributed by atoms with Crippen molar-refractivity contribution in [1.29, 1.82) is 0 Å². The van der Waals surface area contributed by atoms with Crippen LogP contribution in [0.15, 0.2) is 24.3 Å². The predicted octanol–water partition coefficient (Wildman–Crippen LogP) is 3.52. The third kappa shape index (κ3) is 4.90. The van der Waals surface area contributed by atoms with E-state index in [-0.39, 0.29) is 11.2 Å². The fourth-order valence-electron chi connectivity index (χ4n) is 1.24. The quantitative estimate of drug-likeness (QED) is 0.756. The molecule has 1 unspecified atom stereocenters. The second kappa shape index (κ2) is 6.81. The lowest BCUT2D eigenvalue weighted by atomic mass is 10.2. The van der Waals surface area contributed by atoms with E-state index in [1.165, 1.54) is 12.7 Å². The van der Waals surface area contributed by atoms with Gasteiger partial charge in [0, 0.05) is 16.0 Å². The molecule has 1 aromatic carbocycles. The van der Waals surface area contributed by atoms with E-state index in [2.05, 4.69) is 4.74 Å². The Morgan fingerprint density at radius 3 is 2.94 bits per heavy atom. The molecule has 88 valence electrons. The predicted molar refractivity (Wildman–Crippen MR) is 68.8 cm³/mol. The molecule has 1 atom stereocenters. The molecular weight excluding hydrogens is 244 g/mol. The summed E-state index contributed by atoms with van der Waals surface area (Å²) in [7, 11) is 1.41. The average Bonchev–Trinajstić information content (AvgIpc) is 2.26. The first-order valence-corrected chi connectivity index (χ1v) is 6.47.